The van der Waals surface area contributed by atoms with Crippen LogP contribution >= 0.6 is 11.6 Å². The highest BCUT2D eigenvalue weighted by atomic mass is 35.5. The van der Waals surface area contributed by atoms with Gasteiger partial charge in [0.25, 0.3) is 5.91 Å². The number of halogens is 1. The molecule has 1 N–H and O–H groups in total. The highest BCUT2D eigenvalue weighted by molar-refractivity contribution is 6.32. The first kappa shape index (κ1) is 15.4. The van der Waals surface area contributed by atoms with Crippen molar-refractivity contribution in [2.75, 3.05) is 11.9 Å². The third-order valence-electron chi connectivity index (χ3n) is 3.26. The van der Waals surface area contributed by atoms with Crippen molar-refractivity contribution in [3.63, 3.8) is 0 Å². The largest absolute Gasteiger partial charge is 0.482 e. The predicted molar refractivity (Wildman–Crippen MR) is 86.2 cm³/mol. The Labute approximate surface area is 129 Å². The van der Waals surface area contributed by atoms with E-state index < -0.39 is 0 Å². The first-order chi connectivity index (χ1) is 9.99. The van der Waals surface area contributed by atoms with Crippen LogP contribution in [0.3, 0.4) is 0 Å². The molecule has 0 aliphatic heterocycles. The van der Waals surface area contributed by atoms with Gasteiger partial charge in [-0.25, -0.2) is 0 Å². The maximum atomic E-state index is 12.0. The normalized spacial score (nSPS) is 10.3. The highest BCUT2D eigenvalue weighted by Crippen LogP contribution is 2.28. The van der Waals surface area contributed by atoms with Gasteiger partial charge in [-0.1, -0.05) is 41.9 Å². The van der Waals surface area contributed by atoms with E-state index in [0.29, 0.717) is 10.8 Å². The fraction of sp³-hybridized carbons (Fsp3) is 0.235. The molecule has 0 bridgehead atoms. The molecule has 0 spiro atoms. The molecule has 2 aromatic rings. The van der Waals surface area contributed by atoms with Crippen LogP contribution in [0.1, 0.15) is 16.7 Å². The van der Waals surface area contributed by atoms with Gasteiger partial charge in [0.05, 0.1) is 5.02 Å². The highest BCUT2D eigenvalue weighted by Gasteiger charge is 2.10. The summed E-state index contributed by atoms with van der Waals surface area (Å²) in [6, 6.07) is 11.4. The van der Waals surface area contributed by atoms with Gasteiger partial charge in [0.2, 0.25) is 0 Å². The first-order valence-corrected chi connectivity index (χ1v) is 7.11. The van der Waals surface area contributed by atoms with Gasteiger partial charge in [-0.15, -0.1) is 0 Å². The van der Waals surface area contributed by atoms with Gasteiger partial charge in [0.15, 0.2) is 6.61 Å². The molecule has 0 saturated heterocycles. The summed E-state index contributed by atoms with van der Waals surface area (Å²) in [5.41, 5.74) is 3.79. The molecular formula is C17H18ClNO2. The van der Waals surface area contributed by atoms with E-state index in [1.807, 2.05) is 51.1 Å². The van der Waals surface area contributed by atoms with E-state index in [2.05, 4.69) is 5.32 Å². The van der Waals surface area contributed by atoms with Gasteiger partial charge < -0.3 is 10.1 Å². The first-order valence-electron chi connectivity index (χ1n) is 6.73. The number of carbonyl (C=O) groups excluding carboxylic acids is 1. The summed E-state index contributed by atoms with van der Waals surface area (Å²) in [4.78, 5) is 12.0. The van der Waals surface area contributed by atoms with Crippen molar-refractivity contribution in [1.29, 1.82) is 0 Å². The fourth-order valence-electron chi connectivity index (χ4n) is 2.12. The summed E-state index contributed by atoms with van der Waals surface area (Å²) in [7, 11) is 0. The Morgan fingerprint density at radius 3 is 2.24 bits per heavy atom. The lowest BCUT2D eigenvalue weighted by Crippen LogP contribution is -2.21. The molecule has 0 heterocycles. The number of amides is 1. The second kappa shape index (κ2) is 6.64. The maximum absolute atomic E-state index is 12.0. The molecule has 4 heteroatoms. The van der Waals surface area contributed by atoms with E-state index in [0.717, 1.165) is 22.4 Å². The molecule has 0 aliphatic rings. The standard InChI is InChI=1S/C17H18ClNO2/c1-11-6-4-7-12(2)16(11)19-15(20)10-21-17-13(3)8-5-9-14(17)18/h4-9H,10H2,1-3H3,(H,19,20). The molecule has 0 fully saturated rings. The number of aryl methyl sites for hydroxylation is 3. The number of hydrogen-bond acceptors (Lipinski definition) is 2. The van der Waals surface area contributed by atoms with E-state index >= 15 is 0 Å². The van der Waals surface area contributed by atoms with Gasteiger partial charge in [-0.2, -0.15) is 0 Å². The molecule has 1 amide bonds. The van der Waals surface area contributed by atoms with Gasteiger partial charge in [0.1, 0.15) is 5.75 Å². The minimum Gasteiger partial charge on any atom is -0.482 e. The van der Waals surface area contributed by atoms with E-state index in [1.54, 1.807) is 6.07 Å². The summed E-state index contributed by atoms with van der Waals surface area (Å²) < 4.78 is 5.54. The zero-order valence-electron chi connectivity index (χ0n) is 12.4. The Morgan fingerprint density at radius 1 is 1.05 bits per heavy atom. The Bertz CT molecular complexity index is 627. The van der Waals surface area contributed by atoms with Crippen LogP contribution in [-0.4, -0.2) is 12.5 Å². The average molecular weight is 304 g/mol. The van der Waals surface area contributed by atoms with Crippen molar-refractivity contribution < 1.29 is 9.53 Å². The topological polar surface area (TPSA) is 38.3 Å². The summed E-state index contributed by atoms with van der Waals surface area (Å²) in [6.45, 7) is 5.74. The number of benzene rings is 2. The van der Waals surface area contributed by atoms with Gasteiger partial charge in [0, 0.05) is 5.69 Å². The number of rotatable bonds is 4. The second-order valence-corrected chi connectivity index (χ2v) is 5.40. The monoisotopic (exact) mass is 303 g/mol. The summed E-state index contributed by atoms with van der Waals surface area (Å²) in [5, 5.41) is 3.39. The van der Waals surface area contributed by atoms with Crippen molar-refractivity contribution in [2.45, 2.75) is 20.8 Å². The van der Waals surface area contributed by atoms with Crippen molar-refractivity contribution >= 4 is 23.2 Å². The molecule has 2 rings (SSSR count). The Morgan fingerprint density at radius 2 is 1.62 bits per heavy atom. The number of anilines is 1. The average Bonchev–Trinajstić information content (AvgIpc) is 2.42. The minimum atomic E-state index is -0.202. The van der Waals surface area contributed by atoms with Crippen LogP contribution in [-0.2, 0) is 4.79 Å². The molecule has 2 aromatic carbocycles. The Kier molecular flexibility index (Phi) is 4.86. The van der Waals surface area contributed by atoms with Crippen molar-refractivity contribution in [3.8, 4) is 5.75 Å². The minimum absolute atomic E-state index is 0.0711. The number of ether oxygens (including phenoxy) is 1. The SMILES string of the molecule is Cc1cccc(C)c1NC(=O)COc1c(C)cccc1Cl. The predicted octanol–water partition coefficient (Wildman–Crippen LogP) is 4.28. The zero-order chi connectivity index (χ0) is 15.4. The number of carbonyl (C=O) groups is 1. The number of nitrogens with one attached hydrogen (secondary N) is 1. The summed E-state index contributed by atoms with van der Waals surface area (Å²) in [6.07, 6.45) is 0. The van der Waals surface area contributed by atoms with Crippen LogP contribution in [0, 0.1) is 20.8 Å². The van der Waals surface area contributed by atoms with Crippen LogP contribution < -0.4 is 10.1 Å². The molecule has 21 heavy (non-hydrogen) atoms. The van der Waals surface area contributed by atoms with Gasteiger partial charge in [-0.05, 0) is 43.5 Å². The summed E-state index contributed by atoms with van der Waals surface area (Å²) in [5.74, 6) is 0.350. The molecule has 110 valence electrons. The van der Waals surface area contributed by atoms with Crippen molar-refractivity contribution in [3.05, 3.63) is 58.1 Å². The van der Waals surface area contributed by atoms with E-state index in [-0.39, 0.29) is 12.5 Å². The molecule has 0 unspecified atom stereocenters. The fourth-order valence-corrected chi connectivity index (χ4v) is 2.40. The third-order valence-corrected chi connectivity index (χ3v) is 3.55. The van der Waals surface area contributed by atoms with Gasteiger partial charge >= 0.3 is 0 Å². The van der Waals surface area contributed by atoms with E-state index in [1.165, 1.54) is 0 Å². The van der Waals surface area contributed by atoms with Gasteiger partial charge in [-0.3, -0.25) is 4.79 Å². The zero-order valence-corrected chi connectivity index (χ0v) is 13.1. The smallest absolute Gasteiger partial charge is 0.262 e. The molecule has 0 saturated carbocycles. The lowest BCUT2D eigenvalue weighted by molar-refractivity contribution is -0.118. The van der Waals surface area contributed by atoms with Crippen LogP contribution in [0.15, 0.2) is 36.4 Å². The Balaban J connectivity index is 2.03. The lowest BCUT2D eigenvalue weighted by atomic mass is 10.1. The molecular weight excluding hydrogens is 286 g/mol. The van der Waals surface area contributed by atoms with Crippen LogP contribution in [0.4, 0.5) is 5.69 Å². The van der Waals surface area contributed by atoms with E-state index in [9.17, 15) is 4.79 Å². The van der Waals surface area contributed by atoms with Crippen molar-refractivity contribution in [1.82, 2.24) is 0 Å². The van der Waals surface area contributed by atoms with E-state index in [4.69, 9.17) is 16.3 Å². The van der Waals surface area contributed by atoms with Crippen molar-refractivity contribution in [2.24, 2.45) is 0 Å². The molecule has 0 aliphatic carbocycles. The van der Waals surface area contributed by atoms with Crippen LogP contribution in [0.2, 0.25) is 5.02 Å². The second-order valence-electron chi connectivity index (χ2n) is 4.99. The van der Waals surface area contributed by atoms with Crippen LogP contribution in [0.5, 0.6) is 5.75 Å². The summed E-state index contributed by atoms with van der Waals surface area (Å²) >= 11 is 6.07. The number of hydrogen-bond donors (Lipinski definition) is 1. The lowest BCUT2D eigenvalue weighted by Gasteiger charge is -2.13. The molecule has 0 radical (unpaired) electrons. The van der Waals surface area contributed by atoms with Crippen LogP contribution in [0.25, 0.3) is 0 Å². The molecule has 3 nitrogen and oxygen atoms in total. The third kappa shape index (κ3) is 3.76. The molecule has 0 aromatic heterocycles. The number of para-hydroxylation sites is 2. The Hall–Kier alpha value is -2.00. The maximum Gasteiger partial charge on any atom is 0.262 e. The molecule has 0 atom stereocenters. The quantitative estimate of drug-likeness (QED) is 0.915.